The van der Waals surface area contributed by atoms with Gasteiger partial charge in [0.25, 0.3) is 5.91 Å². The summed E-state index contributed by atoms with van der Waals surface area (Å²) < 4.78 is 0. The van der Waals surface area contributed by atoms with Crippen molar-refractivity contribution in [1.82, 2.24) is 4.98 Å². The predicted octanol–water partition coefficient (Wildman–Crippen LogP) is 4.28. The third-order valence-corrected chi connectivity index (χ3v) is 3.33. The largest absolute Gasteiger partial charge is 0.322 e. The van der Waals surface area contributed by atoms with E-state index in [-0.39, 0.29) is 11.3 Å². The quantitative estimate of drug-likeness (QED) is 0.896. The molecule has 0 saturated heterocycles. The second kappa shape index (κ2) is 5.63. The van der Waals surface area contributed by atoms with Crippen LogP contribution in [-0.4, -0.2) is 10.9 Å². The van der Waals surface area contributed by atoms with Gasteiger partial charge in [0, 0.05) is 18.1 Å². The molecular weight excluding hydrogens is 272 g/mol. The molecule has 2 rings (SSSR count). The zero-order valence-corrected chi connectivity index (χ0v) is 12.5. The van der Waals surface area contributed by atoms with Crippen molar-refractivity contribution in [2.45, 2.75) is 26.2 Å². The Bertz CT molecular complexity index is 632. The van der Waals surface area contributed by atoms with Gasteiger partial charge >= 0.3 is 0 Å². The van der Waals surface area contributed by atoms with Crippen molar-refractivity contribution in [3.8, 4) is 0 Å². The van der Waals surface area contributed by atoms with Gasteiger partial charge in [0.15, 0.2) is 0 Å². The molecule has 0 radical (unpaired) electrons. The minimum atomic E-state index is -0.250. The highest BCUT2D eigenvalue weighted by molar-refractivity contribution is 6.34. The number of pyridine rings is 1. The molecule has 2 aromatic rings. The predicted molar refractivity (Wildman–Crippen MR) is 82.3 cm³/mol. The summed E-state index contributed by atoms with van der Waals surface area (Å²) in [5, 5.41) is 3.31. The van der Waals surface area contributed by atoms with Gasteiger partial charge in [0.05, 0.1) is 10.6 Å². The van der Waals surface area contributed by atoms with Gasteiger partial charge in [0.1, 0.15) is 0 Å². The summed E-state index contributed by atoms with van der Waals surface area (Å²) >= 11 is 6.01. The summed E-state index contributed by atoms with van der Waals surface area (Å²) in [5.41, 5.74) is 2.19. The molecule has 1 N–H and O–H groups in total. The molecule has 0 aliphatic heterocycles. The average Bonchev–Trinajstić information content (AvgIpc) is 2.38. The van der Waals surface area contributed by atoms with E-state index in [4.69, 9.17) is 11.6 Å². The van der Waals surface area contributed by atoms with Crippen molar-refractivity contribution in [2.75, 3.05) is 5.32 Å². The molecule has 1 aromatic carbocycles. The lowest BCUT2D eigenvalue weighted by atomic mass is 9.86. The molecule has 0 fully saturated rings. The van der Waals surface area contributed by atoms with Gasteiger partial charge in [-0.15, -0.1) is 0 Å². The Morgan fingerprint density at radius 2 is 1.90 bits per heavy atom. The molecule has 0 unspecified atom stereocenters. The molecule has 1 heterocycles. The van der Waals surface area contributed by atoms with Gasteiger partial charge < -0.3 is 5.32 Å². The van der Waals surface area contributed by atoms with E-state index in [0.29, 0.717) is 10.6 Å². The molecule has 0 atom stereocenters. The minimum absolute atomic E-state index is 0.0530. The van der Waals surface area contributed by atoms with Crippen LogP contribution in [0.2, 0.25) is 5.02 Å². The lowest BCUT2D eigenvalue weighted by Crippen LogP contribution is -2.19. The topological polar surface area (TPSA) is 42.0 Å². The van der Waals surface area contributed by atoms with Crippen molar-refractivity contribution in [2.24, 2.45) is 0 Å². The zero-order chi connectivity index (χ0) is 14.8. The van der Waals surface area contributed by atoms with E-state index in [1.165, 1.54) is 6.20 Å². The van der Waals surface area contributed by atoms with E-state index in [1.54, 1.807) is 12.3 Å². The Morgan fingerprint density at radius 3 is 2.55 bits per heavy atom. The maximum absolute atomic E-state index is 12.3. The van der Waals surface area contributed by atoms with Crippen LogP contribution in [0.1, 0.15) is 36.7 Å². The highest BCUT2D eigenvalue weighted by Crippen LogP contribution is 2.29. The fourth-order valence-corrected chi connectivity index (χ4v) is 2.17. The van der Waals surface area contributed by atoms with E-state index < -0.39 is 0 Å². The maximum atomic E-state index is 12.3. The van der Waals surface area contributed by atoms with E-state index >= 15 is 0 Å². The first-order chi connectivity index (χ1) is 9.39. The molecule has 3 nitrogen and oxygen atoms in total. The average molecular weight is 289 g/mol. The van der Waals surface area contributed by atoms with Crippen LogP contribution in [-0.2, 0) is 5.41 Å². The first-order valence-electron chi connectivity index (χ1n) is 6.40. The van der Waals surface area contributed by atoms with Gasteiger partial charge in [-0.2, -0.15) is 0 Å². The van der Waals surface area contributed by atoms with Gasteiger partial charge in [-0.25, -0.2) is 0 Å². The Morgan fingerprint density at radius 1 is 1.20 bits per heavy atom. The number of carbonyl (C=O) groups is 1. The Hall–Kier alpha value is -1.87. The molecule has 0 spiro atoms. The molecule has 0 saturated carbocycles. The van der Waals surface area contributed by atoms with Crippen molar-refractivity contribution in [3.05, 3.63) is 58.9 Å². The minimum Gasteiger partial charge on any atom is -0.322 e. The number of para-hydroxylation sites is 1. The van der Waals surface area contributed by atoms with E-state index in [0.717, 1.165) is 11.3 Å². The number of anilines is 1. The fraction of sp³-hybridized carbons (Fsp3) is 0.250. The Kier molecular flexibility index (Phi) is 4.09. The second-order valence-electron chi connectivity index (χ2n) is 5.61. The number of halogens is 1. The van der Waals surface area contributed by atoms with Crippen molar-refractivity contribution in [1.29, 1.82) is 0 Å². The normalized spacial score (nSPS) is 11.2. The summed E-state index contributed by atoms with van der Waals surface area (Å²) in [6.45, 7) is 6.32. The second-order valence-corrected chi connectivity index (χ2v) is 6.01. The molecule has 0 aliphatic rings. The van der Waals surface area contributed by atoms with Gasteiger partial charge in [-0.3, -0.25) is 9.78 Å². The summed E-state index contributed by atoms with van der Waals surface area (Å²) in [7, 11) is 0. The van der Waals surface area contributed by atoms with Crippen LogP contribution in [0.3, 0.4) is 0 Å². The number of hydrogen-bond donors (Lipinski definition) is 1. The van der Waals surface area contributed by atoms with E-state index in [9.17, 15) is 4.79 Å². The summed E-state index contributed by atoms with van der Waals surface area (Å²) in [6.07, 6.45) is 3.03. The van der Waals surface area contributed by atoms with E-state index in [2.05, 4.69) is 31.1 Å². The number of nitrogens with zero attached hydrogens (tertiary/aromatic N) is 1. The molecule has 1 amide bonds. The van der Waals surface area contributed by atoms with Crippen LogP contribution < -0.4 is 5.32 Å². The molecule has 0 bridgehead atoms. The molecule has 4 heteroatoms. The van der Waals surface area contributed by atoms with Gasteiger partial charge in [0.2, 0.25) is 0 Å². The molecule has 104 valence electrons. The zero-order valence-electron chi connectivity index (χ0n) is 11.8. The van der Waals surface area contributed by atoms with Crippen LogP contribution in [0.5, 0.6) is 0 Å². The molecule has 20 heavy (non-hydrogen) atoms. The van der Waals surface area contributed by atoms with Crippen LogP contribution >= 0.6 is 11.6 Å². The lowest BCUT2D eigenvalue weighted by Gasteiger charge is -2.23. The van der Waals surface area contributed by atoms with Gasteiger partial charge in [-0.05, 0) is 23.1 Å². The maximum Gasteiger partial charge on any atom is 0.258 e. The Balaban J connectivity index is 2.32. The first-order valence-corrected chi connectivity index (χ1v) is 6.78. The number of amides is 1. The number of nitrogens with one attached hydrogen (secondary N) is 1. The van der Waals surface area contributed by atoms with Crippen LogP contribution in [0, 0.1) is 0 Å². The summed E-state index contributed by atoms with van der Waals surface area (Å²) in [5.74, 6) is -0.250. The van der Waals surface area contributed by atoms with E-state index in [1.807, 2.05) is 24.3 Å². The summed E-state index contributed by atoms with van der Waals surface area (Å²) in [6, 6.07) is 9.37. The SMILES string of the molecule is CC(C)(C)c1ccccc1NC(=O)c1cnccc1Cl. The monoisotopic (exact) mass is 288 g/mol. The highest BCUT2D eigenvalue weighted by atomic mass is 35.5. The third kappa shape index (κ3) is 3.17. The number of rotatable bonds is 2. The Labute approximate surface area is 124 Å². The number of aromatic nitrogens is 1. The van der Waals surface area contributed by atoms with Crippen LogP contribution in [0.25, 0.3) is 0 Å². The van der Waals surface area contributed by atoms with Crippen molar-refractivity contribution >= 4 is 23.2 Å². The van der Waals surface area contributed by atoms with Gasteiger partial charge in [-0.1, -0.05) is 50.6 Å². The van der Waals surface area contributed by atoms with Crippen molar-refractivity contribution < 1.29 is 4.79 Å². The van der Waals surface area contributed by atoms with Crippen LogP contribution in [0.4, 0.5) is 5.69 Å². The number of benzene rings is 1. The lowest BCUT2D eigenvalue weighted by molar-refractivity contribution is 0.102. The first kappa shape index (κ1) is 14.5. The molecule has 0 aliphatic carbocycles. The molecular formula is C16H17ClN2O. The highest BCUT2D eigenvalue weighted by Gasteiger charge is 2.19. The van der Waals surface area contributed by atoms with Crippen LogP contribution in [0.15, 0.2) is 42.7 Å². The fourth-order valence-electron chi connectivity index (χ4n) is 1.98. The number of hydrogen-bond acceptors (Lipinski definition) is 2. The summed E-state index contributed by atoms with van der Waals surface area (Å²) in [4.78, 5) is 16.2. The molecule has 1 aromatic heterocycles. The third-order valence-electron chi connectivity index (χ3n) is 3.00. The standard InChI is InChI=1S/C16H17ClN2O/c1-16(2,3)12-6-4-5-7-14(12)19-15(20)11-10-18-9-8-13(11)17/h4-10H,1-3H3,(H,19,20). The number of carbonyl (C=O) groups excluding carboxylic acids is 1. The van der Waals surface area contributed by atoms with Crippen molar-refractivity contribution in [3.63, 3.8) is 0 Å². The smallest absolute Gasteiger partial charge is 0.258 e.